The van der Waals surface area contributed by atoms with E-state index in [4.69, 9.17) is 37.0 Å². The zero-order valence-electron chi connectivity index (χ0n) is 66.2. The van der Waals surface area contributed by atoms with E-state index in [2.05, 4.69) is 113 Å². The first-order valence-corrected chi connectivity index (χ1v) is 44.8. The molecule has 0 aromatic heterocycles. The first-order valence-electron chi connectivity index (χ1n) is 41.8. The second kappa shape index (κ2) is 77.4. The van der Waals surface area contributed by atoms with Crippen molar-refractivity contribution in [2.24, 2.45) is 0 Å². The van der Waals surface area contributed by atoms with Crippen molar-refractivity contribution in [2.75, 3.05) is 39.6 Å². The number of phosphoric ester groups is 2. The number of ether oxygens (including phenoxy) is 4. The molecule has 0 saturated heterocycles. The number of allylic oxidation sites excluding steroid dienone is 14. The predicted molar refractivity (Wildman–Crippen MR) is 427 cm³/mol. The number of aliphatic hydroxyl groups is 1. The molecule has 3 N–H and O–H groups in total. The summed E-state index contributed by atoms with van der Waals surface area (Å²) < 4.78 is 68.7. The summed E-state index contributed by atoms with van der Waals surface area (Å²) >= 11 is 0. The van der Waals surface area contributed by atoms with Crippen LogP contribution in [0, 0.1) is 0 Å². The van der Waals surface area contributed by atoms with E-state index in [-0.39, 0.29) is 25.7 Å². The Bertz CT molecular complexity index is 2300. The van der Waals surface area contributed by atoms with Crippen LogP contribution in [0.25, 0.3) is 0 Å². The van der Waals surface area contributed by atoms with Gasteiger partial charge < -0.3 is 33.8 Å². The minimum atomic E-state index is -4.98. The van der Waals surface area contributed by atoms with Crippen LogP contribution in [0.3, 0.4) is 0 Å². The van der Waals surface area contributed by atoms with Gasteiger partial charge in [-0.05, 0) is 141 Å². The molecule has 0 aliphatic carbocycles. The number of esters is 4. The molecular formula is C85H152O17P2. The molecule has 0 amide bonds. The van der Waals surface area contributed by atoms with E-state index in [1.807, 2.05) is 0 Å². The Balaban J connectivity index is 5.36. The van der Waals surface area contributed by atoms with Crippen LogP contribution in [0.15, 0.2) is 85.1 Å². The van der Waals surface area contributed by atoms with Crippen molar-refractivity contribution in [3.8, 4) is 0 Å². The summed E-state index contributed by atoms with van der Waals surface area (Å²) in [5.41, 5.74) is 0. The molecule has 0 aromatic rings. The van der Waals surface area contributed by atoms with Gasteiger partial charge in [0.1, 0.15) is 19.3 Å². The molecule has 604 valence electrons. The standard InChI is InChI=1S/C85H152O17P2/c1-5-9-13-17-21-25-29-33-37-38-39-40-44-46-50-54-58-62-66-70-83(88)96-76-81(102-85(90)72-68-64-60-56-52-48-43-36-32-28-24-20-16-12-8-4)78-100-104(93,94)98-74-79(86)73-97-103(91,92)99-77-80(101-84(89)71-67-63-59-55-51-47-42-35-31-27-23-19-15-11-7-3)75-95-82(87)69-65-61-57-53-49-45-41-34-30-26-22-18-14-10-6-2/h9,13,21,25,33-37,39-43,79-81,86H,5-8,10-12,14-20,22-24,26-32,38,44-78H2,1-4H3,(H,91,92)(H,93,94)/b13-9-,25-21-,37-33-,40-39-,41-34-,42-35-,43-36-. The highest BCUT2D eigenvalue weighted by atomic mass is 31.2. The first-order chi connectivity index (χ1) is 50.7. The second-order valence-corrected chi connectivity index (χ2v) is 30.9. The van der Waals surface area contributed by atoms with Crippen LogP contribution >= 0.6 is 15.6 Å². The molecule has 0 bridgehead atoms. The summed E-state index contributed by atoms with van der Waals surface area (Å²) in [6, 6.07) is 0. The summed E-state index contributed by atoms with van der Waals surface area (Å²) in [6.07, 6.45) is 81.2. The van der Waals surface area contributed by atoms with E-state index in [1.54, 1.807) is 0 Å². The summed E-state index contributed by atoms with van der Waals surface area (Å²) in [4.78, 5) is 73.1. The Hall–Kier alpha value is -3.76. The quantitative estimate of drug-likeness (QED) is 0.0169. The Morgan fingerprint density at radius 1 is 0.279 bits per heavy atom. The second-order valence-electron chi connectivity index (χ2n) is 28.0. The smallest absolute Gasteiger partial charge is 0.462 e. The molecule has 104 heavy (non-hydrogen) atoms. The highest BCUT2D eigenvalue weighted by Gasteiger charge is 2.30. The molecule has 0 heterocycles. The molecule has 5 unspecified atom stereocenters. The topological polar surface area (TPSA) is 237 Å². The Morgan fingerprint density at radius 3 is 0.779 bits per heavy atom. The average molecular weight is 1510 g/mol. The monoisotopic (exact) mass is 1510 g/mol. The molecule has 0 radical (unpaired) electrons. The van der Waals surface area contributed by atoms with E-state index in [0.29, 0.717) is 25.7 Å². The van der Waals surface area contributed by atoms with Gasteiger partial charge in [-0.1, -0.05) is 293 Å². The van der Waals surface area contributed by atoms with Crippen LogP contribution < -0.4 is 0 Å². The van der Waals surface area contributed by atoms with Gasteiger partial charge in [-0.3, -0.25) is 37.3 Å². The van der Waals surface area contributed by atoms with Crippen LogP contribution in [-0.4, -0.2) is 96.7 Å². The third kappa shape index (κ3) is 76.4. The Labute approximate surface area is 634 Å². The van der Waals surface area contributed by atoms with Crippen molar-refractivity contribution in [3.63, 3.8) is 0 Å². The van der Waals surface area contributed by atoms with Crippen molar-refractivity contribution in [3.05, 3.63) is 85.1 Å². The summed E-state index contributed by atoms with van der Waals surface area (Å²) in [5, 5.41) is 10.7. The fourth-order valence-corrected chi connectivity index (χ4v) is 13.0. The van der Waals surface area contributed by atoms with Gasteiger partial charge in [0.05, 0.1) is 26.4 Å². The van der Waals surface area contributed by atoms with Gasteiger partial charge in [-0.2, -0.15) is 0 Å². The number of unbranched alkanes of at least 4 members (excludes halogenated alkanes) is 39. The van der Waals surface area contributed by atoms with Crippen LogP contribution in [-0.2, 0) is 65.4 Å². The van der Waals surface area contributed by atoms with Crippen LogP contribution in [0.1, 0.15) is 374 Å². The van der Waals surface area contributed by atoms with Crippen molar-refractivity contribution >= 4 is 39.5 Å². The largest absolute Gasteiger partial charge is 0.472 e. The normalized spacial score (nSPS) is 14.3. The van der Waals surface area contributed by atoms with E-state index >= 15 is 0 Å². The number of carbonyl (C=O) groups excluding carboxylic acids is 4. The number of phosphoric acid groups is 2. The Morgan fingerprint density at radius 2 is 0.500 bits per heavy atom. The predicted octanol–water partition coefficient (Wildman–Crippen LogP) is 24.6. The van der Waals surface area contributed by atoms with Crippen molar-refractivity contribution < 1.29 is 80.2 Å². The lowest BCUT2D eigenvalue weighted by Gasteiger charge is -2.21. The van der Waals surface area contributed by atoms with Crippen molar-refractivity contribution in [1.29, 1.82) is 0 Å². The molecule has 0 aliphatic rings. The maximum atomic E-state index is 13.1. The molecule has 5 atom stereocenters. The lowest BCUT2D eigenvalue weighted by molar-refractivity contribution is -0.161. The summed E-state index contributed by atoms with van der Waals surface area (Å²) in [5.74, 6) is -2.19. The highest BCUT2D eigenvalue weighted by molar-refractivity contribution is 7.47. The van der Waals surface area contributed by atoms with E-state index in [9.17, 15) is 43.2 Å². The number of hydrogen-bond donors (Lipinski definition) is 3. The zero-order chi connectivity index (χ0) is 76.0. The van der Waals surface area contributed by atoms with Crippen LogP contribution in [0.5, 0.6) is 0 Å². The van der Waals surface area contributed by atoms with Crippen molar-refractivity contribution in [1.82, 2.24) is 0 Å². The fraction of sp³-hybridized carbons (Fsp3) is 0.788. The van der Waals surface area contributed by atoms with Crippen LogP contribution in [0.2, 0.25) is 0 Å². The fourth-order valence-electron chi connectivity index (χ4n) is 11.4. The Kier molecular flexibility index (Phi) is 74.6. The number of aliphatic hydroxyl groups excluding tert-OH is 1. The third-order valence-electron chi connectivity index (χ3n) is 17.8. The molecule has 17 nitrogen and oxygen atoms in total. The van der Waals surface area contributed by atoms with Gasteiger partial charge in [-0.15, -0.1) is 0 Å². The maximum absolute atomic E-state index is 13.1. The highest BCUT2D eigenvalue weighted by Crippen LogP contribution is 2.45. The van der Waals surface area contributed by atoms with E-state index in [0.717, 1.165) is 180 Å². The molecule has 0 saturated carbocycles. The number of hydrogen-bond acceptors (Lipinski definition) is 15. The van der Waals surface area contributed by atoms with Crippen molar-refractivity contribution in [2.45, 2.75) is 393 Å². The summed E-state index contributed by atoms with van der Waals surface area (Å²) in [6.45, 7) is 4.77. The lowest BCUT2D eigenvalue weighted by atomic mass is 10.1. The van der Waals surface area contributed by atoms with Gasteiger partial charge in [0.2, 0.25) is 0 Å². The first kappa shape index (κ1) is 100. The molecule has 0 spiro atoms. The van der Waals surface area contributed by atoms with Gasteiger partial charge >= 0.3 is 39.5 Å². The molecular weight excluding hydrogens is 1350 g/mol. The van der Waals surface area contributed by atoms with Gasteiger partial charge in [0.15, 0.2) is 12.2 Å². The number of carbonyl (C=O) groups is 4. The maximum Gasteiger partial charge on any atom is 0.472 e. The lowest BCUT2D eigenvalue weighted by Crippen LogP contribution is -2.30. The SMILES string of the molecule is CC/C=C\C/C=C\C/C=C\C/C=C\CCCCCCCCC(=O)OCC(COP(=O)(O)OCC(O)COP(=O)(O)OCC(COC(=O)CCCCCCC/C=C\CCCCCCCC)OC(=O)CCCCCCC/C=C\CCCCCCCC)OC(=O)CCCCCCC/C=C\CCCCCCCC. The molecule has 0 aliphatic heterocycles. The minimum Gasteiger partial charge on any atom is -0.462 e. The molecule has 0 fully saturated rings. The van der Waals surface area contributed by atoms with Gasteiger partial charge in [-0.25, -0.2) is 9.13 Å². The van der Waals surface area contributed by atoms with Gasteiger partial charge in [0, 0.05) is 25.7 Å². The summed E-state index contributed by atoms with van der Waals surface area (Å²) in [7, 11) is -9.96. The average Bonchev–Trinajstić information content (AvgIpc) is 0.918. The van der Waals surface area contributed by atoms with Crippen LogP contribution in [0.4, 0.5) is 0 Å². The third-order valence-corrected chi connectivity index (χ3v) is 19.7. The minimum absolute atomic E-state index is 0.0830. The van der Waals surface area contributed by atoms with E-state index < -0.39 is 97.5 Å². The molecule has 19 heteroatoms. The molecule has 0 rings (SSSR count). The zero-order valence-corrected chi connectivity index (χ0v) is 68.0. The molecule has 0 aromatic carbocycles. The number of rotatable bonds is 79. The van der Waals surface area contributed by atoms with Gasteiger partial charge in [0.25, 0.3) is 0 Å². The van der Waals surface area contributed by atoms with E-state index in [1.165, 1.54) is 116 Å².